The molecule has 0 aromatic heterocycles. The number of carbonyl (C=O) groups is 1. The Kier molecular flexibility index (Phi) is 5.03. The van der Waals surface area contributed by atoms with Crippen LogP contribution in [0.4, 0.5) is 8.78 Å². The van der Waals surface area contributed by atoms with Gasteiger partial charge in [0.05, 0.1) is 0 Å². The molecule has 5 heteroatoms. The van der Waals surface area contributed by atoms with Crippen molar-refractivity contribution in [3.63, 3.8) is 0 Å². The van der Waals surface area contributed by atoms with Crippen LogP contribution in [0.3, 0.4) is 0 Å². The number of benzene rings is 1. The molecule has 0 aliphatic rings. The average Bonchev–Trinajstić information content (AvgIpc) is 2.26. The van der Waals surface area contributed by atoms with Crippen molar-refractivity contribution in [1.29, 1.82) is 0 Å². The van der Waals surface area contributed by atoms with Crippen molar-refractivity contribution in [3.8, 4) is 0 Å². The number of halogens is 2. The van der Waals surface area contributed by atoms with Crippen molar-refractivity contribution in [2.45, 2.75) is 19.5 Å². The standard InChI is InChI=1S/C12H16F2N2O/c1-16(2)8-10-6-4-3-5-9(10)7-15-12(17)11(13)14/h3-6,11H,7-8H2,1-2H3,(H,15,17). The minimum absolute atomic E-state index is 0.132. The van der Waals surface area contributed by atoms with Crippen molar-refractivity contribution in [2.75, 3.05) is 14.1 Å². The van der Waals surface area contributed by atoms with E-state index in [2.05, 4.69) is 5.32 Å². The Morgan fingerprint density at radius 3 is 2.41 bits per heavy atom. The van der Waals surface area contributed by atoms with Gasteiger partial charge in [-0.05, 0) is 25.2 Å². The Labute approximate surface area is 99.4 Å². The quantitative estimate of drug-likeness (QED) is 0.851. The number of nitrogens with one attached hydrogen (secondary N) is 1. The van der Waals surface area contributed by atoms with Crippen LogP contribution in [0, 0.1) is 0 Å². The molecule has 0 heterocycles. The Hall–Kier alpha value is -1.49. The zero-order valence-corrected chi connectivity index (χ0v) is 9.91. The lowest BCUT2D eigenvalue weighted by molar-refractivity contribution is -0.131. The van der Waals surface area contributed by atoms with Crippen LogP contribution in [0.2, 0.25) is 0 Å². The monoisotopic (exact) mass is 242 g/mol. The highest BCUT2D eigenvalue weighted by atomic mass is 19.3. The van der Waals surface area contributed by atoms with Gasteiger partial charge in [0, 0.05) is 13.1 Å². The Morgan fingerprint density at radius 2 is 1.88 bits per heavy atom. The predicted octanol–water partition coefficient (Wildman–Crippen LogP) is 1.63. The molecule has 1 amide bonds. The van der Waals surface area contributed by atoms with Gasteiger partial charge in [0.25, 0.3) is 5.91 Å². The lowest BCUT2D eigenvalue weighted by atomic mass is 10.1. The smallest absolute Gasteiger partial charge is 0.315 e. The van der Waals surface area contributed by atoms with Crippen LogP contribution >= 0.6 is 0 Å². The van der Waals surface area contributed by atoms with E-state index in [0.29, 0.717) is 6.54 Å². The normalized spacial score (nSPS) is 10.9. The summed E-state index contributed by atoms with van der Waals surface area (Å²) in [6, 6.07) is 7.45. The molecule has 0 aliphatic carbocycles. The third-order valence-corrected chi connectivity index (χ3v) is 2.26. The van der Waals surface area contributed by atoms with Crippen LogP contribution in [-0.4, -0.2) is 31.3 Å². The Balaban J connectivity index is 2.67. The lowest BCUT2D eigenvalue weighted by Crippen LogP contribution is -2.29. The molecule has 0 atom stereocenters. The maximum atomic E-state index is 12.0. The van der Waals surface area contributed by atoms with Crippen molar-refractivity contribution in [2.24, 2.45) is 0 Å². The first-order valence-electron chi connectivity index (χ1n) is 5.28. The molecule has 0 unspecified atom stereocenters. The highest BCUT2D eigenvalue weighted by Gasteiger charge is 2.14. The van der Waals surface area contributed by atoms with Gasteiger partial charge in [0.15, 0.2) is 0 Å². The third-order valence-electron chi connectivity index (χ3n) is 2.26. The van der Waals surface area contributed by atoms with Gasteiger partial charge in [-0.1, -0.05) is 24.3 Å². The highest BCUT2D eigenvalue weighted by Crippen LogP contribution is 2.10. The molecule has 0 spiro atoms. The third kappa shape index (κ3) is 4.48. The van der Waals surface area contributed by atoms with Gasteiger partial charge in [-0.2, -0.15) is 8.78 Å². The zero-order valence-electron chi connectivity index (χ0n) is 9.91. The molecule has 1 rings (SSSR count). The summed E-state index contributed by atoms with van der Waals surface area (Å²) in [7, 11) is 3.85. The van der Waals surface area contributed by atoms with Crippen molar-refractivity contribution in [3.05, 3.63) is 35.4 Å². The summed E-state index contributed by atoms with van der Waals surface area (Å²) in [6.07, 6.45) is -2.96. The molecule has 0 radical (unpaired) electrons. The zero-order chi connectivity index (χ0) is 12.8. The molecule has 94 valence electrons. The summed E-state index contributed by atoms with van der Waals surface area (Å²) in [5.74, 6) is -1.23. The Bertz CT molecular complexity index is 381. The molecule has 0 saturated heterocycles. The van der Waals surface area contributed by atoms with E-state index in [-0.39, 0.29) is 6.54 Å². The maximum absolute atomic E-state index is 12.0. The Morgan fingerprint density at radius 1 is 1.29 bits per heavy atom. The van der Waals surface area contributed by atoms with Gasteiger partial charge < -0.3 is 10.2 Å². The minimum Gasteiger partial charge on any atom is -0.347 e. The first-order chi connectivity index (χ1) is 8.00. The molecule has 0 saturated carbocycles. The summed E-state index contributed by atoms with van der Waals surface area (Å²) in [5.41, 5.74) is 1.88. The number of alkyl halides is 2. The number of hydrogen-bond acceptors (Lipinski definition) is 2. The maximum Gasteiger partial charge on any atom is 0.315 e. The van der Waals surface area contributed by atoms with Gasteiger partial charge in [0.2, 0.25) is 0 Å². The topological polar surface area (TPSA) is 32.3 Å². The lowest BCUT2D eigenvalue weighted by Gasteiger charge is -2.14. The largest absolute Gasteiger partial charge is 0.347 e. The molecular formula is C12H16F2N2O. The minimum atomic E-state index is -2.96. The molecule has 1 aromatic rings. The number of nitrogens with zero attached hydrogens (tertiary/aromatic N) is 1. The number of rotatable bonds is 5. The van der Waals surface area contributed by atoms with Gasteiger partial charge in [-0.3, -0.25) is 4.79 Å². The van der Waals surface area contributed by atoms with Crippen LogP contribution < -0.4 is 5.32 Å². The van der Waals surface area contributed by atoms with Crippen LogP contribution in [0.5, 0.6) is 0 Å². The molecule has 3 nitrogen and oxygen atoms in total. The van der Waals surface area contributed by atoms with E-state index >= 15 is 0 Å². The van der Waals surface area contributed by atoms with Gasteiger partial charge >= 0.3 is 6.43 Å². The van der Waals surface area contributed by atoms with E-state index < -0.39 is 12.3 Å². The van der Waals surface area contributed by atoms with Crippen LogP contribution in [0.1, 0.15) is 11.1 Å². The fourth-order valence-corrected chi connectivity index (χ4v) is 1.48. The number of carbonyl (C=O) groups excluding carboxylic acids is 1. The summed E-state index contributed by atoms with van der Waals surface area (Å²) < 4.78 is 24.0. The molecular weight excluding hydrogens is 226 g/mol. The van der Waals surface area contributed by atoms with E-state index in [1.165, 1.54) is 0 Å². The van der Waals surface area contributed by atoms with E-state index in [1.807, 2.05) is 43.3 Å². The molecule has 0 fully saturated rings. The molecule has 17 heavy (non-hydrogen) atoms. The van der Waals surface area contributed by atoms with Crippen LogP contribution in [0.25, 0.3) is 0 Å². The second-order valence-electron chi connectivity index (χ2n) is 4.02. The first-order valence-corrected chi connectivity index (χ1v) is 5.28. The number of amides is 1. The van der Waals surface area contributed by atoms with E-state index in [1.54, 1.807) is 0 Å². The summed E-state index contributed by atoms with van der Waals surface area (Å²) in [4.78, 5) is 12.8. The second-order valence-corrected chi connectivity index (χ2v) is 4.02. The molecule has 0 bridgehead atoms. The average molecular weight is 242 g/mol. The fraction of sp³-hybridized carbons (Fsp3) is 0.417. The van der Waals surface area contributed by atoms with E-state index in [4.69, 9.17) is 0 Å². The summed E-state index contributed by atoms with van der Waals surface area (Å²) in [5, 5.41) is 2.20. The fourth-order valence-electron chi connectivity index (χ4n) is 1.48. The van der Waals surface area contributed by atoms with Crippen molar-refractivity contribution < 1.29 is 13.6 Å². The predicted molar refractivity (Wildman–Crippen MR) is 61.7 cm³/mol. The SMILES string of the molecule is CN(C)Cc1ccccc1CNC(=O)C(F)F. The first kappa shape index (κ1) is 13.6. The van der Waals surface area contributed by atoms with Crippen molar-refractivity contribution in [1.82, 2.24) is 10.2 Å². The summed E-state index contributed by atoms with van der Waals surface area (Å²) in [6.45, 7) is 0.841. The molecule has 1 aromatic carbocycles. The molecule has 0 aliphatic heterocycles. The van der Waals surface area contributed by atoms with Crippen LogP contribution in [0.15, 0.2) is 24.3 Å². The van der Waals surface area contributed by atoms with Gasteiger partial charge in [-0.15, -0.1) is 0 Å². The van der Waals surface area contributed by atoms with E-state index in [9.17, 15) is 13.6 Å². The van der Waals surface area contributed by atoms with Gasteiger partial charge in [0.1, 0.15) is 0 Å². The number of hydrogen-bond donors (Lipinski definition) is 1. The summed E-state index contributed by atoms with van der Waals surface area (Å²) >= 11 is 0. The second kappa shape index (κ2) is 6.30. The van der Waals surface area contributed by atoms with Gasteiger partial charge in [-0.25, -0.2) is 0 Å². The van der Waals surface area contributed by atoms with Crippen LogP contribution in [-0.2, 0) is 17.9 Å². The molecule has 1 N–H and O–H groups in total. The highest BCUT2D eigenvalue weighted by molar-refractivity contribution is 5.79. The van der Waals surface area contributed by atoms with E-state index in [0.717, 1.165) is 11.1 Å². The van der Waals surface area contributed by atoms with Crippen molar-refractivity contribution >= 4 is 5.91 Å².